The molecule has 0 N–H and O–H groups in total. The van der Waals surface area contributed by atoms with E-state index in [4.69, 9.17) is 13.9 Å². The Bertz CT molecular complexity index is 885. The third-order valence-electron chi connectivity index (χ3n) is 3.64. The topological polar surface area (TPSA) is 65.7 Å². The molecule has 5 nitrogen and oxygen atoms in total. The van der Waals surface area contributed by atoms with Gasteiger partial charge in [-0.15, -0.1) is 0 Å². The maximum absolute atomic E-state index is 11.3. The van der Waals surface area contributed by atoms with Gasteiger partial charge in [0, 0.05) is 30.9 Å². The van der Waals surface area contributed by atoms with Crippen molar-refractivity contribution in [2.24, 2.45) is 0 Å². The van der Waals surface area contributed by atoms with Gasteiger partial charge in [0.2, 0.25) is 0 Å². The fraction of sp³-hybridized carbons (Fsp3) is 0.333. The fourth-order valence-electron chi connectivity index (χ4n) is 2.53. The van der Waals surface area contributed by atoms with Crippen LogP contribution in [0.2, 0.25) is 0 Å². The quantitative estimate of drug-likeness (QED) is 0.418. The van der Waals surface area contributed by atoms with Crippen LogP contribution < -0.4 is 10.4 Å². The number of hydrogen-bond donors (Lipinski definition) is 0. The largest absolute Gasteiger partial charge is 0.489 e. The van der Waals surface area contributed by atoms with Crippen LogP contribution in [-0.2, 0) is 9.53 Å². The minimum Gasteiger partial charge on any atom is -0.489 e. The zero-order valence-corrected chi connectivity index (χ0v) is 15.6. The first-order valence-corrected chi connectivity index (χ1v) is 8.48. The summed E-state index contributed by atoms with van der Waals surface area (Å²) in [6, 6.07) is 8.48. The number of ether oxygens (including phenoxy) is 2. The highest BCUT2D eigenvalue weighted by molar-refractivity contribution is 5.77. The zero-order chi connectivity index (χ0) is 19.1. The average Bonchev–Trinajstić information content (AvgIpc) is 2.53. The number of esters is 1. The van der Waals surface area contributed by atoms with E-state index in [0.29, 0.717) is 24.4 Å². The molecule has 0 bridgehead atoms. The number of benzene rings is 1. The highest BCUT2D eigenvalue weighted by Crippen LogP contribution is 2.20. The molecule has 2 aromatic rings. The fourth-order valence-corrected chi connectivity index (χ4v) is 2.53. The summed E-state index contributed by atoms with van der Waals surface area (Å²) in [6.45, 7) is 7.69. The van der Waals surface area contributed by atoms with E-state index >= 15 is 0 Å². The van der Waals surface area contributed by atoms with E-state index in [2.05, 4.69) is 0 Å². The maximum atomic E-state index is 11.3. The molecule has 0 saturated heterocycles. The van der Waals surface area contributed by atoms with Crippen LogP contribution in [0, 0.1) is 0 Å². The first kappa shape index (κ1) is 19.5. The molecule has 0 saturated carbocycles. The van der Waals surface area contributed by atoms with E-state index in [1.807, 2.05) is 45.1 Å². The summed E-state index contributed by atoms with van der Waals surface area (Å²) in [5, 5.41) is 0.842. The highest BCUT2D eigenvalue weighted by atomic mass is 16.5. The zero-order valence-electron chi connectivity index (χ0n) is 15.6. The summed E-state index contributed by atoms with van der Waals surface area (Å²) >= 11 is 0. The van der Waals surface area contributed by atoms with E-state index in [0.717, 1.165) is 16.5 Å². The molecular formula is C21H24O5. The van der Waals surface area contributed by atoms with Crippen molar-refractivity contribution < 1.29 is 18.7 Å². The summed E-state index contributed by atoms with van der Waals surface area (Å²) in [7, 11) is 0. The number of carbonyl (C=O) groups is 1. The predicted octanol–water partition coefficient (Wildman–Crippen LogP) is 4.41. The molecule has 0 aliphatic carbocycles. The van der Waals surface area contributed by atoms with Gasteiger partial charge in [-0.05, 0) is 51.1 Å². The lowest BCUT2D eigenvalue weighted by atomic mass is 10.1. The second-order valence-electron chi connectivity index (χ2n) is 6.41. The van der Waals surface area contributed by atoms with Crippen LogP contribution in [0.3, 0.4) is 0 Å². The van der Waals surface area contributed by atoms with Crippen LogP contribution in [0.5, 0.6) is 5.75 Å². The number of carbonyl (C=O) groups excluding carboxylic acids is 1. The van der Waals surface area contributed by atoms with Crippen LogP contribution in [-0.4, -0.2) is 18.7 Å². The average molecular weight is 356 g/mol. The Hall–Kier alpha value is -2.82. The van der Waals surface area contributed by atoms with Crippen molar-refractivity contribution in [3.8, 4) is 5.75 Å². The number of hydrogen-bond acceptors (Lipinski definition) is 5. The molecule has 1 aromatic heterocycles. The molecule has 0 unspecified atom stereocenters. The third-order valence-corrected chi connectivity index (χ3v) is 3.64. The van der Waals surface area contributed by atoms with Gasteiger partial charge in [-0.3, -0.25) is 4.79 Å². The first-order chi connectivity index (χ1) is 12.3. The second kappa shape index (κ2) is 9.04. The molecular weight excluding hydrogens is 332 g/mol. The Morgan fingerprint density at radius 3 is 2.58 bits per heavy atom. The third kappa shape index (κ3) is 6.24. The Labute approximate surface area is 152 Å². The molecule has 0 fully saturated rings. The Balaban J connectivity index is 1.98. The molecule has 0 amide bonds. The van der Waals surface area contributed by atoms with Crippen molar-refractivity contribution >= 4 is 16.9 Å². The monoisotopic (exact) mass is 356 g/mol. The van der Waals surface area contributed by atoms with Crippen molar-refractivity contribution in [3.05, 3.63) is 64.1 Å². The normalized spacial score (nSPS) is 12.5. The molecule has 1 atom stereocenters. The maximum Gasteiger partial charge on any atom is 0.336 e. The van der Waals surface area contributed by atoms with E-state index in [1.54, 1.807) is 12.1 Å². The number of rotatable bonds is 7. The van der Waals surface area contributed by atoms with Crippen molar-refractivity contribution in [2.75, 3.05) is 6.61 Å². The van der Waals surface area contributed by atoms with Crippen LogP contribution >= 0.6 is 0 Å². The lowest BCUT2D eigenvalue weighted by molar-refractivity contribution is -0.144. The smallest absolute Gasteiger partial charge is 0.336 e. The molecule has 0 spiro atoms. The molecule has 26 heavy (non-hydrogen) atoms. The van der Waals surface area contributed by atoms with E-state index < -0.39 is 0 Å². The van der Waals surface area contributed by atoms with Crippen LogP contribution in [0.1, 0.15) is 34.1 Å². The Kier molecular flexibility index (Phi) is 6.78. The summed E-state index contributed by atoms with van der Waals surface area (Å²) in [6.07, 6.45) is 4.22. The summed E-state index contributed by atoms with van der Waals surface area (Å²) in [5.41, 5.74) is 2.26. The molecule has 2 rings (SSSR count). The minimum absolute atomic E-state index is 0.274. The standard InChI is InChI=1S/C21H24O5/c1-14(2)11-19(25-16(4)22)12-15(3)9-10-24-18-7-5-17-6-8-21(23)26-20(17)13-18/h5-9,11,13,19H,10,12H2,1-4H3/b15-9+/t19-/m1/s1. The van der Waals surface area contributed by atoms with Crippen LogP contribution in [0.4, 0.5) is 0 Å². The lowest BCUT2D eigenvalue weighted by Crippen LogP contribution is -2.14. The summed E-state index contributed by atoms with van der Waals surface area (Å²) in [4.78, 5) is 22.5. The molecule has 0 aliphatic heterocycles. The van der Waals surface area contributed by atoms with Gasteiger partial charge >= 0.3 is 11.6 Å². The molecule has 138 valence electrons. The van der Waals surface area contributed by atoms with E-state index in [1.165, 1.54) is 13.0 Å². The van der Waals surface area contributed by atoms with Gasteiger partial charge in [-0.2, -0.15) is 0 Å². The van der Waals surface area contributed by atoms with Gasteiger partial charge in [0.25, 0.3) is 0 Å². The second-order valence-corrected chi connectivity index (χ2v) is 6.41. The van der Waals surface area contributed by atoms with Gasteiger partial charge in [0.05, 0.1) is 0 Å². The van der Waals surface area contributed by atoms with Crippen molar-refractivity contribution in [1.82, 2.24) is 0 Å². The molecule has 1 aromatic carbocycles. The summed E-state index contributed by atoms with van der Waals surface area (Å²) < 4.78 is 16.2. The van der Waals surface area contributed by atoms with Gasteiger partial charge in [0.15, 0.2) is 0 Å². The van der Waals surface area contributed by atoms with Gasteiger partial charge < -0.3 is 13.9 Å². The van der Waals surface area contributed by atoms with E-state index in [-0.39, 0.29) is 17.7 Å². The minimum atomic E-state index is -0.388. The number of allylic oxidation sites excluding steroid dienone is 1. The lowest BCUT2D eigenvalue weighted by Gasteiger charge is -2.14. The van der Waals surface area contributed by atoms with Crippen LogP contribution in [0.25, 0.3) is 11.0 Å². The van der Waals surface area contributed by atoms with Gasteiger partial charge in [0.1, 0.15) is 24.0 Å². The van der Waals surface area contributed by atoms with Gasteiger partial charge in [-0.25, -0.2) is 4.79 Å². The first-order valence-electron chi connectivity index (χ1n) is 8.48. The summed E-state index contributed by atoms with van der Waals surface area (Å²) in [5.74, 6) is 0.325. The Morgan fingerprint density at radius 1 is 1.15 bits per heavy atom. The van der Waals surface area contributed by atoms with Gasteiger partial charge in [-0.1, -0.05) is 11.1 Å². The van der Waals surface area contributed by atoms with Crippen molar-refractivity contribution in [1.29, 1.82) is 0 Å². The number of fused-ring (bicyclic) bond motifs is 1. The molecule has 0 radical (unpaired) electrons. The Morgan fingerprint density at radius 2 is 1.88 bits per heavy atom. The van der Waals surface area contributed by atoms with E-state index in [9.17, 15) is 9.59 Å². The molecule has 5 heteroatoms. The van der Waals surface area contributed by atoms with Crippen LogP contribution in [0.15, 0.2) is 62.8 Å². The molecule has 0 aliphatic rings. The van der Waals surface area contributed by atoms with Crippen molar-refractivity contribution in [2.45, 2.75) is 40.2 Å². The van der Waals surface area contributed by atoms with Crippen molar-refractivity contribution in [3.63, 3.8) is 0 Å². The SMILES string of the molecule is CC(=O)O[C@H](C=C(C)C)C/C(C)=C/COc1ccc2ccc(=O)oc2c1. The highest BCUT2D eigenvalue weighted by Gasteiger charge is 2.09. The predicted molar refractivity (Wildman–Crippen MR) is 101 cm³/mol. The molecule has 1 heterocycles.